The van der Waals surface area contributed by atoms with E-state index in [2.05, 4.69) is 15.3 Å². The van der Waals surface area contributed by atoms with Crippen molar-refractivity contribution >= 4 is 28.5 Å². The fourth-order valence-corrected chi connectivity index (χ4v) is 2.64. The summed E-state index contributed by atoms with van der Waals surface area (Å²) in [5.41, 5.74) is 3.72. The summed E-state index contributed by atoms with van der Waals surface area (Å²) in [5, 5.41) is 4.45. The standard InChI is InChI=1S/C20H17F3N4O2/c1-11-12(2)26-17-9-13(7-8-16(17)25-11)18(28)27-15-6-4-3-5-14(15)10-24-19(29)20(21,22)23/h3-9H,10H2,1-2H3,(H,24,29)(H,27,28). The third-order valence-electron chi connectivity index (χ3n) is 4.30. The van der Waals surface area contributed by atoms with Gasteiger partial charge in [-0.25, -0.2) is 9.97 Å². The van der Waals surface area contributed by atoms with Crippen molar-refractivity contribution in [2.75, 3.05) is 5.32 Å². The van der Waals surface area contributed by atoms with E-state index in [1.165, 1.54) is 6.07 Å². The summed E-state index contributed by atoms with van der Waals surface area (Å²) in [5.74, 6) is -2.50. The van der Waals surface area contributed by atoms with Crippen LogP contribution in [-0.4, -0.2) is 28.0 Å². The van der Waals surface area contributed by atoms with Crippen LogP contribution in [0.1, 0.15) is 27.3 Å². The molecule has 0 bridgehead atoms. The molecule has 150 valence electrons. The number of nitrogens with zero attached hydrogens (tertiary/aromatic N) is 2. The molecule has 0 saturated heterocycles. The molecule has 6 nitrogen and oxygen atoms in total. The fraction of sp³-hybridized carbons (Fsp3) is 0.200. The number of nitrogens with one attached hydrogen (secondary N) is 2. The minimum Gasteiger partial charge on any atom is -0.344 e. The van der Waals surface area contributed by atoms with E-state index in [1.54, 1.807) is 41.7 Å². The number of benzene rings is 2. The minimum atomic E-state index is -4.97. The number of aryl methyl sites for hydroxylation is 2. The largest absolute Gasteiger partial charge is 0.471 e. The van der Waals surface area contributed by atoms with Crippen LogP contribution in [-0.2, 0) is 11.3 Å². The second-order valence-electron chi connectivity index (χ2n) is 6.39. The maximum absolute atomic E-state index is 12.6. The molecule has 0 aliphatic heterocycles. The van der Waals surface area contributed by atoms with Crippen molar-refractivity contribution in [2.45, 2.75) is 26.6 Å². The van der Waals surface area contributed by atoms with E-state index in [4.69, 9.17) is 0 Å². The van der Waals surface area contributed by atoms with Gasteiger partial charge in [0.2, 0.25) is 0 Å². The maximum Gasteiger partial charge on any atom is 0.471 e. The smallest absolute Gasteiger partial charge is 0.344 e. The van der Waals surface area contributed by atoms with Crippen molar-refractivity contribution in [1.82, 2.24) is 15.3 Å². The summed E-state index contributed by atoms with van der Waals surface area (Å²) in [6.07, 6.45) is -4.97. The number of fused-ring (bicyclic) bond motifs is 1. The van der Waals surface area contributed by atoms with Gasteiger partial charge in [-0.05, 0) is 43.7 Å². The minimum absolute atomic E-state index is 0.297. The lowest BCUT2D eigenvalue weighted by molar-refractivity contribution is -0.173. The average Bonchev–Trinajstić information content (AvgIpc) is 2.66. The molecule has 0 aliphatic rings. The molecule has 0 saturated carbocycles. The highest BCUT2D eigenvalue weighted by atomic mass is 19.4. The molecule has 3 rings (SSSR count). The molecule has 0 spiro atoms. The molecule has 2 aromatic carbocycles. The Labute approximate surface area is 164 Å². The van der Waals surface area contributed by atoms with Crippen LogP contribution in [0.5, 0.6) is 0 Å². The Kier molecular flexibility index (Phi) is 5.49. The second kappa shape index (κ2) is 7.86. The Morgan fingerprint density at radius 2 is 1.62 bits per heavy atom. The highest BCUT2D eigenvalue weighted by molar-refractivity contribution is 6.06. The molecule has 9 heteroatoms. The number of amides is 2. The third-order valence-corrected chi connectivity index (χ3v) is 4.30. The van der Waals surface area contributed by atoms with E-state index in [-0.39, 0.29) is 6.54 Å². The number of hydrogen-bond acceptors (Lipinski definition) is 4. The van der Waals surface area contributed by atoms with Gasteiger partial charge in [0, 0.05) is 17.8 Å². The summed E-state index contributed by atoms with van der Waals surface area (Å²) >= 11 is 0. The van der Waals surface area contributed by atoms with E-state index in [9.17, 15) is 22.8 Å². The van der Waals surface area contributed by atoms with Crippen LogP contribution in [0, 0.1) is 13.8 Å². The first kappa shape index (κ1) is 20.2. The van der Waals surface area contributed by atoms with E-state index in [1.807, 2.05) is 13.8 Å². The summed E-state index contributed by atoms with van der Waals surface area (Å²) < 4.78 is 37.1. The third kappa shape index (κ3) is 4.68. The summed E-state index contributed by atoms with van der Waals surface area (Å²) in [6, 6.07) is 11.2. The molecule has 3 aromatic rings. The van der Waals surface area contributed by atoms with Crippen LogP contribution < -0.4 is 10.6 Å². The SMILES string of the molecule is Cc1nc2ccc(C(=O)Nc3ccccc3CNC(=O)C(F)(F)F)cc2nc1C. The number of anilines is 1. The Morgan fingerprint density at radius 1 is 0.966 bits per heavy atom. The van der Waals surface area contributed by atoms with E-state index in [0.29, 0.717) is 27.8 Å². The maximum atomic E-state index is 12.6. The van der Waals surface area contributed by atoms with Gasteiger partial charge in [-0.15, -0.1) is 0 Å². The predicted molar refractivity (Wildman–Crippen MR) is 101 cm³/mol. The molecule has 1 aromatic heterocycles. The first-order chi connectivity index (χ1) is 13.6. The fourth-order valence-electron chi connectivity index (χ4n) is 2.64. The molecule has 2 N–H and O–H groups in total. The molecule has 0 radical (unpaired) electrons. The predicted octanol–water partition coefficient (Wildman–Crippen LogP) is 3.68. The summed E-state index contributed by atoms with van der Waals surface area (Å²) in [6.45, 7) is 3.29. The number of para-hydroxylation sites is 1. The van der Waals surface area contributed by atoms with Crippen LogP contribution in [0.3, 0.4) is 0 Å². The molecular formula is C20H17F3N4O2. The molecular weight excluding hydrogens is 385 g/mol. The van der Waals surface area contributed by atoms with Gasteiger partial charge in [-0.1, -0.05) is 18.2 Å². The zero-order chi connectivity index (χ0) is 21.2. The van der Waals surface area contributed by atoms with Crippen molar-refractivity contribution in [1.29, 1.82) is 0 Å². The van der Waals surface area contributed by atoms with Gasteiger partial charge in [0.15, 0.2) is 0 Å². The highest BCUT2D eigenvalue weighted by Crippen LogP contribution is 2.20. The van der Waals surface area contributed by atoms with Crippen LogP contribution >= 0.6 is 0 Å². The molecule has 0 fully saturated rings. The molecule has 0 aliphatic carbocycles. The number of carbonyl (C=O) groups is 2. The number of halogens is 3. The first-order valence-electron chi connectivity index (χ1n) is 8.64. The van der Waals surface area contributed by atoms with Gasteiger partial charge < -0.3 is 10.6 Å². The van der Waals surface area contributed by atoms with Crippen LogP contribution in [0.25, 0.3) is 11.0 Å². The van der Waals surface area contributed by atoms with Crippen LogP contribution in [0.2, 0.25) is 0 Å². The Morgan fingerprint density at radius 3 is 2.31 bits per heavy atom. The van der Waals surface area contributed by atoms with E-state index >= 15 is 0 Å². The van der Waals surface area contributed by atoms with Crippen molar-refractivity contribution < 1.29 is 22.8 Å². The Bertz CT molecular complexity index is 1100. The van der Waals surface area contributed by atoms with E-state index < -0.39 is 18.0 Å². The number of aromatic nitrogens is 2. The zero-order valence-electron chi connectivity index (χ0n) is 15.6. The molecule has 1 heterocycles. The number of rotatable bonds is 4. The van der Waals surface area contributed by atoms with Crippen molar-refractivity contribution in [3.63, 3.8) is 0 Å². The van der Waals surface area contributed by atoms with Crippen LogP contribution in [0.15, 0.2) is 42.5 Å². The monoisotopic (exact) mass is 402 g/mol. The Balaban J connectivity index is 1.80. The molecule has 0 atom stereocenters. The van der Waals surface area contributed by atoms with Crippen molar-refractivity contribution in [2.24, 2.45) is 0 Å². The van der Waals surface area contributed by atoms with Crippen molar-refractivity contribution in [3.05, 3.63) is 65.0 Å². The normalized spacial score (nSPS) is 11.3. The van der Waals surface area contributed by atoms with Gasteiger partial charge in [0.05, 0.1) is 22.4 Å². The topological polar surface area (TPSA) is 84.0 Å². The summed E-state index contributed by atoms with van der Waals surface area (Å²) in [7, 11) is 0. The van der Waals surface area contributed by atoms with Gasteiger partial charge in [0.1, 0.15) is 0 Å². The molecule has 2 amide bonds. The van der Waals surface area contributed by atoms with Gasteiger partial charge >= 0.3 is 12.1 Å². The number of hydrogen-bond donors (Lipinski definition) is 2. The van der Waals surface area contributed by atoms with Crippen molar-refractivity contribution in [3.8, 4) is 0 Å². The Hall–Kier alpha value is -3.49. The van der Waals surface area contributed by atoms with Gasteiger partial charge in [0.25, 0.3) is 5.91 Å². The van der Waals surface area contributed by atoms with Gasteiger partial charge in [-0.2, -0.15) is 13.2 Å². The highest BCUT2D eigenvalue weighted by Gasteiger charge is 2.38. The molecule has 29 heavy (non-hydrogen) atoms. The lowest BCUT2D eigenvalue weighted by Crippen LogP contribution is -2.36. The lowest BCUT2D eigenvalue weighted by Gasteiger charge is -2.13. The second-order valence-corrected chi connectivity index (χ2v) is 6.39. The quantitative estimate of drug-likeness (QED) is 0.697. The lowest BCUT2D eigenvalue weighted by atomic mass is 10.1. The van der Waals surface area contributed by atoms with Gasteiger partial charge in [-0.3, -0.25) is 9.59 Å². The zero-order valence-corrected chi connectivity index (χ0v) is 15.6. The van der Waals surface area contributed by atoms with E-state index in [0.717, 1.165) is 11.4 Å². The molecule has 0 unspecified atom stereocenters. The van der Waals surface area contributed by atoms with Crippen LogP contribution in [0.4, 0.5) is 18.9 Å². The summed E-state index contributed by atoms with van der Waals surface area (Å²) in [4.78, 5) is 32.5. The number of carbonyl (C=O) groups excluding carboxylic acids is 2. The first-order valence-corrected chi connectivity index (χ1v) is 8.64. The average molecular weight is 402 g/mol. The number of alkyl halides is 3.